The quantitative estimate of drug-likeness (QED) is 0.866. The van der Waals surface area contributed by atoms with E-state index in [4.69, 9.17) is 5.73 Å². The van der Waals surface area contributed by atoms with Gasteiger partial charge in [-0.3, -0.25) is 4.79 Å². The molecular formula is C13H21ClN2O. The Bertz CT molecular complexity index is 380. The third kappa shape index (κ3) is 4.75. The molecule has 0 bridgehead atoms. The highest BCUT2D eigenvalue weighted by Crippen LogP contribution is 2.09. The standard InChI is InChI=1S/C13H20N2O.ClH/c1-9(7-14)8-15-13(16)12-5-4-10(2)11(3)6-12;/h4-6,9H,7-8,14H2,1-3H3,(H,15,16);1H. The summed E-state index contributed by atoms with van der Waals surface area (Å²) in [4.78, 5) is 11.8. The molecule has 0 aliphatic rings. The number of carbonyl (C=O) groups excluding carboxylic acids is 1. The van der Waals surface area contributed by atoms with Crippen molar-refractivity contribution in [1.82, 2.24) is 5.32 Å². The van der Waals surface area contributed by atoms with Gasteiger partial charge in [0, 0.05) is 12.1 Å². The molecule has 0 spiro atoms. The Labute approximate surface area is 109 Å². The van der Waals surface area contributed by atoms with Gasteiger partial charge in [-0.15, -0.1) is 12.4 Å². The van der Waals surface area contributed by atoms with E-state index in [9.17, 15) is 4.79 Å². The summed E-state index contributed by atoms with van der Waals surface area (Å²) < 4.78 is 0. The van der Waals surface area contributed by atoms with E-state index in [1.54, 1.807) is 0 Å². The van der Waals surface area contributed by atoms with Crippen LogP contribution in [-0.2, 0) is 0 Å². The monoisotopic (exact) mass is 256 g/mol. The summed E-state index contributed by atoms with van der Waals surface area (Å²) >= 11 is 0. The summed E-state index contributed by atoms with van der Waals surface area (Å²) in [6.45, 7) is 7.28. The van der Waals surface area contributed by atoms with Crippen molar-refractivity contribution in [2.75, 3.05) is 13.1 Å². The van der Waals surface area contributed by atoms with Crippen LogP contribution in [0.4, 0.5) is 0 Å². The van der Waals surface area contributed by atoms with Gasteiger partial charge in [-0.2, -0.15) is 0 Å². The molecule has 0 radical (unpaired) electrons. The lowest BCUT2D eigenvalue weighted by atomic mass is 10.1. The molecule has 3 N–H and O–H groups in total. The van der Waals surface area contributed by atoms with Gasteiger partial charge in [0.15, 0.2) is 0 Å². The predicted octanol–water partition coefficient (Wildman–Crippen LogP) is 2.05. The van der Waals surface area contributed by atoms with Crippen molar-refractivity contribution in [2.45, 2.75) is 20.8 Å². The first-order chi connectivity index (χ1) is 7.54. The van der Waals surface area contributed by atoms with Crippen LogP contribution in [-0.4, -0.2) is 19.0 Å². The molecule has 1 amide bonds. The summed E-state index contributed by atoms with van der Waals surface area (Å²) in [6.07, 6.45) is 0. The van der Waals surface area contributed by atoms with Gasteiger partial charge >= 0.3 is 0 Å². The molecule has 1 rings (SSSR count). The summed E-state index contributed by atoms with van der Waals surface area (Å²) in [5, 5.41) is 2.88. The molecule has 3 nitrogen and oxygen atoms in total. The van der Waals surface area contributed by atoms with Gasteiger partial charge in [-0.05, 0) is 49.6 Å². The first kappa shape index (κ1) is 15.9. The van der Waals surface area contributed by atoms with Crippen molar-refractivity contribution in [2.24, 2.45) is 11.7 Å². The van der Waals surface area contributed by atoms with Gasteiger partial charge < -0.3 is 11.1 Å². The van der Waals surface area contributed by atoms with E-state index >= 15 is 0 Å². The van der Waals surface area contributed by atoms with Crippen LogP contribution in [0.1, 0.15) is 28.4 Å². The first-order valence-electron chi connectivity index (χ1n) is 5.60. The maximum absolute atomic E-state index is 11.8. The maximum Gasteiger partial charge on any atom is 0.251 e. The third-order valence-electron chi connectivity index (χ3n) is 2.78. The number of nitrogens with one attached hydrogen (secondary N) is 1. The molecule has 1 atom stereocenters. The number of hydrogen-bond acceptors (Lipinski definition) is 2. The second kappa shape index (κ2) is 7.30. The lowest BCUT2D eigenvalue weighted by Gasteiger charge is -2.10. The Balaban J connectivity index is 0.00000256. The fourth-order valence-corrected chi connectivity index (χ4v) is 1.33. The van der Waals surface area contributed by atoms with Gasteiger partial charge in [0.25, 0.3) is 5.91 Å². The Morgan fingerprint density at radius 1 is 1.35 bits per heavy atom. The molecule has 1 unspecified atom stereocenters. The van der Waals surface area contributed by atoms with Crippen LogP contribution in [0.25, 0.3) is 0 Å². The molecule has 0 aromatic heterocycles. The Morgan fingerprint density at radius 2 is 2.00 bits per heavy atom. The topological polar surface area (TPSA) is 55.1 Å². The van der Waals surface area contributed by atoms with Crippen molar-refractivity contribution >= 4 is 18.3 Å². The van der Waals surface area contributed by atoms with Crippen molar-refractivity contribution in [3.05, 3.63) is 34.9 Å². The summed E-state index contributed by atoms with van der Waals surface area (Å²) in [6, 6.07) is 5.74. The van der Waals surface area contributed by atoms with Gasteiger partial charge in [0.2, 0.25) is 0 Å². The van der Waals surface area contributed by atoms with E-state index in [0.29, 0.717) is 24.6 Å². The number of hydrogen-bond donors (Lipinski definition) is 2. The lowest BCUT2D eigenvalue weighted by Crippen LogP contribution is -2.31. The van der Waals surface area contributed by atoms with Gasteiger partial charge in [-0.1, -0.05) is 13.0 Å². The van der Waals surface area contributed by atoms with Crippen molar-refractivity contribution in [1.29, 1.82) is 0 Å². The van der Waals surface area contributed by atoms with Crippen LogP contribution in [0.15, 0.2) is 18.2 Å². The predicted molar refractivity (Wildman–Crippen MR) is 73.7 cm³/mol. The SMILES string of the molecule is Cc1ccc(C(=O)NCC(C)CN)cc1C.Cl. The van der Waals surface area contributed by atoms with Crippen LogP contribution in [0.2, 0.25) is 0 Å². The largest absolute Gasteiger partial charge is 0.352 e. The lowest BCUT2D eigenvalue weighted by molar-refractivity contribution is 0.0948. The normalized spacial score (nSPS) is 11.5. The molecule has 0 fully saturated rings. The average Bonchev–Trinajstić information content (AvgIpc) is 2.29. The number of amides is 1. The number of halogens is 1. The molecule has 1 aromatic carbocycles. The number of rotatable bonds is 4. The minimum atomic E-state index is -0.0246. The second-order valence-electron chi connectivity index (χ2n) is 4.35. The molecular weight excluding hydrogens is 236 g/mol. The zero-order chi connectivity index (χ0) is 12.1. The van der Waals surface area contributed by atoms with E-state index in [-0.39, 0.29) is 18.3 Å². The Hall–Kier alpha value is -1.06. The van der Waals surface area contributed by atoms with Crippen LogP contribution in [0.3, 0.4) is 0 Å². The summed E-state index contributed by atoms with van der Waals surface area (Å²) in [5.41, 5.74) is 8.54. The zero-order valence-electron chi connectivity index (χ0n) is 10.6. The highest BCUT2D eigenvalue weighted by atomic mass is 35.5. The molecule has 0 aliphatic carbocycles. The highest BCUT2D eigenvalue weighted by Gasteiger charge is 2.07. The third-order valence-corrected chi connectivity index (χ3v) is 2.78. The first-order valence-corrected chi connectivity index (χ1v) is 5.60. The summed E-state index contributed by atoms with van der Waals surface area (Å²) in [7, 11) is 0. The molecule has 0 saturated carbocycles. The van der Waals surface area contributed by atoms with Crippen molar-refractivity contribution < 1.29 is 4.79 Å². The van der Waals surface area contributed by atoms with Crippen molar-refractivity contribution in [3.8, 4) is 0 Å². The second-order valence-corrected chi connectivity index (χ2v) is 4.35. The number of carbonyl (C=O) groups is 1. The van der Waals surface area contributed by atoms with E-state index in [2.05, 4.69) is 5.32 Å². The minimum Gasteiger partial charge on any atom is -0.352 e. The molecule has 4 heteroatoms. The number of aryl methyl sites for hydroxylation is 2. The van der Waals surface area contributed by atoms with Crippen LogP contribution in [0.5, 0.6) is 0 Å². The molecule has 0 heterocycles. The Morgan fingerprint density at radius 3 is 2.53 bits per heavy atom. The van der Waals surface area contributed by atoms with E-state index in [0.717, 1.165) is 5.56 Å². The number of benzene rings is 1. The van der Waals surface area contributed by atoms with E-state index in [1.165, 1.54) is 5.56 Å². The van der Waals surface area contributed by atoms with Crippen LogP contribution < -0.4 is 11.1 Å². The number of nitrogens with two attached hydrogens (primary N) is 1. The van der Waals surface area contributed by atoms with E-state index in [1.807, 2.05) is 39.0 Å². The molecule has 0 saturated heterocycles. The van der Waals surface area contributed by atoms with Crippen molar-refractivity contribution in [3.63, 3.8) is 0 Å². The molecule has 0 aliphatic heterocycles. The smallest absolute Gasteiger partial charge is 0.251 e. The van der Waals surface area contributed by atoms with Gasteiger partial charge in [-0.25, -0.2) is 0 Å². The maximum atomic E-state index is 11.8. The molecule has 1 aromatic rings. The molecule has 17 heavy (non-hydrogen) atoms. The highest BCUT2D eigenvalue weighted by molar-refractivity contribution is 5.94. The van der Waals surface area contributed by atoms with Crippen LogP contribution >= 0.6 is 12.4 Å². The van der Waals surface area contributed by atoms with Crippen LogP contribution in [0, 0.1) is 19.8 Å². The van der Waals surface area contributed by atoms with E-state index < -0.39 is 0 Å². The molecule has 96 valence electrons. The zero-order valence-corrected chi connectivity index (χ0v) is 11.4. The fourth-order valence-electron chi connectivity index (χ4n) is 1.33. The Kier molecular flexibility index (Phi) is 6.85. The average molecular weight is 257 g/mol. The minimum absolute atomic E-state index is 0. The van der Waals surface area contributed by atoms with Gasteiger partial charge in [0.1, 0.15) is 0 Å². The fraction of sp³-hybridized carbons (Fsp3) is 0.462. The van der Waals surface area contributed by atoms with Gasteiger partial charge in [0.05, 0.1) is 0 Å². The summed E-state index contributed by atoms with van der Waals surface area (Å²) in [5.74, 6) is 0.291.